The molecule has 3 rings (SSSR count). The van der Waals surface area contributed by atoms with Gasteiger partial charge in [-0.25, -0.2) is 4.79 Å². The third-order valence-corrected chi connectivity index (χ3v) is 4.34. The van der Waals surface area contributed by atoms with Gasteiger partial charge in [-0.15, -0.1) is 0 Å². The quantitative estimate of drug-likeness (QED) is 0.865. The van der Waals surface area contributed by atoms with Crippen LogP contribution < -0.4 is 5.32 Å². The van der Waals surface area contributed by atoms with E-state index < -0.39 is 0 Å². The number of phenolic OH excluding ortho intramolecular Hbond substituents is 1. The number of phenols is 1. The Morgan fingerprint density at radius 2 is 2.15 bits per heavy atom. The van der Waals surface area contributed by atoms with Crippen molar-refractivity contribution in [2.24, 2.45) is 0 Å². The Labute approximate surface area is 118 Å². The van der Waals surface area contributed by atoms with Gasteiger partial charge in [0.1, 0.15) is 12.4 Å². The highest BCUT2D eigenvalue weighted by Crippen LogP contribution is 2.35. The zero-order valence-electron chi connectivity index (χ0n) is 11.5. The number of ether oxygens (including phenoxy) is 1. The van der Waals surface area contributed by atoms with E-state index in [1.54, 1.807) is 17.0 Å². The van der Waals surface area contributed by atoms with Crippen molar-refractivity contribution < 1.29 is 14.6 Å². The maximum absolute atomic E-state index is 12.1. The van der Waals surface area contributed by atoms with Crippen LogP contribution in [0.1, 0.15) is 24.8 Å². The SMILES string of the molecule is O=C1OCC2(CCCNCC2)N1Cc1ccccc1O. The first-order valence-corrected chi connectivity index (χ1v) is 7.13. The smallest absolute Gasteiger partial charge is 0.410 e. The molecule has 108 valence electrons. The van der Waals surface area contributed by atoms with Crippen molar-refractivity contribution in [1.29, 1.82) is 0 Å². The molecule has 20 heavy (non-hydrogen) atoms. The zero-order chi connectivity index (χ0) is 14.0. The molecule has 0 aliphatic carbocycles. The molecular weight excluding hydrogens is 256 g/mol. The summed E-state index contributed by atoms with van der Waals surface area (Å²) in [7, 11) is 0. The molecule has 2 N–H and O–H groups in total. The van der Waals surface area contributed by atoms with Gasteiger partial charge in [0, 0.05) is 5.56 Å². The van der Waals surface area contributed by atoms with Crippen LogP contribution in [-0.4, -0.2) is 41.3 Å². The summed E-state index contributed by atoms with van der Waals surface area (Å²) in [5.74, 6) is 0.231. The average Bonchev–Trinajstić information content (AvgIpc) is 2.65. The van der Waals surface area contributed by atoms with Crippen molar-refractivity contribution in [3.63, 3.8) is 0 Å². The standard InChI is InChI=1S/C15H20N2O3/c18-13-5-2-1-4-12(13)10-17-14(19)20-11-15(17)6-3-8-16-9-7-15/h1-2,4-5,16,18H,3,6-11H2. The van der Waals surface area contributed by atoms with Crippen LogP contribution in [0.3, 0.4) is 0 Å². The van der Waals surface area contributed by atoms with Gasteiger partial charge in [-0.2, -0.15) is 0 Å². The predicted molar refractivity (Wildman–Crippen MR) is 74.4 cm³/mol. The molecule has 5 heteroatoms. The van der Waals surface area contributed by atoms with Gasteiger partial charge in [0.05, 0.1) is 12.1 Å². The Kier molecular flexibility index (Phi) is 3.53. The van der Waals surface area contributed by atoms with E-state index in [1.165, 1.54) is 0 Å². The van der Waals surface area contributed by atoms with Crippen molar-refractivity contribution >= 4 is 6.09 Å². The van der Waals surface area contributed by atoms with Crippen LogP contribution in [0.25, 0.3) is 0 Å². The summed E-state index contributed by atoms with van der Waals surface area (Å²) < 4.78 is 5.30. The zero-order valence-corrected chi connectivity index (χ0v) is 11.5. The number of hydrogen-bond acceptors (Lipinski definition) is 4. The van der Waals surface area contributed by atoms with Crippen molar-refractivity contribution in [3.8, 4) is 5.75 Å². The molecule has 1 spiro atoms. The van der Waals surface area contributed by atoms with Crippen LogP contribution in [-0.2, 0) is 11.3 Å². The van der Waals surface area contributed by atoms with E-state index in [-0.39, 0.29) is 17.4 Å². The lowest BCUT2D eigenvalue weighted by atomic mass is 9.90. The second-order valence-corrected chi connectivity index (χ2v) is 5.60. The van der Waals surface area contributed by atoms with Crippen molar-refractivity contribution in [1.82, 2.24) is 10.2 Å². The van der Waals surface area contributed by atoms with E-state index >= 15 is 0 Å². The van der Waals surface area contributed by atoms with Crippen molar-refractivity contribution in [2.45, 2.75) is 31.3 Å². The monoisotopic (exact) mass is 276 g/mol. The molecule has 2 fully saturated rings. The highest BCUT2D eigenvalue weighted by Gasteiger charge is 2.47. The Hall–Kier alpha value is -1.75. The maximum atomic E-state index is 12.1. The molecule has 2 aliphatic rings. The number of carbonyl (C=O) groups is 1. The molecular formula is C15H20N2O3. The summed E-state index contributed by atoms with van der Waals surface area (Å²) in [6, 6.07) is 7.16. The average molecular weight is 276 g/mol. The topological polar surface area (TPSA) is 61.8 Å². The normalized spacial score (nSPS) is 26.6. The molecule has 2 saturated heterocycles. The highest BCUT2D eigenvalue weighted by molar-refractivity contribution is 5.71. The Bertz CT molecular complexity index is 496. The fourth-order valence-corrected chi connectivity index (χ4v) is 3.12. The van der Waals surface area contributed by atoms with E-state index in [4.69, 9.17) is 4.74 Å². The highest BCUT2D eigenvalue weighted by atomic mass is 16.6. The molecule has 0 saturated carbocycles. The fraction of sp³-hybridized carbons (Fsp3) is 0.533. The van der Waals surface area contributed by atoms with Crippen LogP contribution in [0.4, 0.5) is 4.79 Å². The third-order valence-electron chi connectivity index (χ3n) is 4.34. The summed E-state index contributed by atoms with van der Waals surface area (Å²) in [5, 5.41) is 13.3. The maximum Gasteiger partial charge on any atom is 0.410 e. The van der Waals surface area contributed by atoms with E-state index in [0.29, 0.717) is 13.2 Å². The van der Waals surface area contributed by atoms with Crippen LogP contribution in [0.15, 0.2) is 24.3 Å². The molecule has 1 aromatic rings. The lowest BCUT2D eigenvalue weighted by Gasteiger charge is -2.34. The first-order chi connectivity index (χ1) is 9.71. The van der Waals surface area contributed by atoms with Gasteiger partial charge >= 0.3 is 6.09 Å². The Morgan fingerprint density at radius 3 is 3.00 bits per heavy atom. The largest absolute Gasteiger partial charge is 0.508 e. The first kappa shape index (κ1) is 13.2. The summed E-state index contributed by atoms with van der Waals surface area (Å²) in [6.45, 7) is 2.75. The summed E-state index contributed by atoms with van der Waals surface area (Å²) in [6.07, 6.45) is 2.61. The minimum absolute atomic E-state index is 0.219. The third kappa shape index (κ3) is 2.33. The second kappa shape index (κ2) is 5.32. The van der Waals surface area contributed by atoms with E-state index in [2.05, 4.69) is 5.32 Å². The first-order valence-electron chi connectivity index (χ1n) is 7.13. The number of carbonyl (C=O) groups excluding carboxylic acids is 1. The molecule has 0 aromatic heterocycles. The van der Waals surface area contributed by atoms with Gasteiger partial charge in [0.2, 0.25) is 0 Å². The lowest BCUT2D eigenvalue weighted by Crippen LogP contribution is -2.47. The summed E-state index contributed by atoms with van der Waals surface area (Å²) in [4.78, 5) is 13.9. The number of benzene rings is 1. The molecule has 1 unspecified atom stereocenters. The van der Waals surface area contributed by atoms with Gasteiger partial charge in [-0.3, -0.25) is 4.90 Å². The lowest BCUT2D eigenvalue weighted by molar-refractivity contribution is 0.136. The predicted octanol–water partition coefficient (Wildman–Crippen LogP) is 1.86. The van der Waals surface area contributed by atoms with Gasteiger partial charge in [0.15, 0.2) is 0 Å². The molecule has 1 aromatic carbocycles. The molecule has 0 radical (unpaired) electrons. The molecule has 5 nitrogen and oxygen atoms in total. The van der Waals surface area contributed by atoms with Crippen LogP contribution in [0.5, 0.6) is 5.75 Å². The number of para-hydroxylation sites is 1. The number of rotatable bonds is 2. The van der Waals surface area contributed by atoms with Gasteiger partial charge < -0.3 is 15.2 Å². The molecule has 2 heterocycles. The van der Waals surface area contributed by atoms with Crippen LogP contribution in [0.2, 0.25) is 0 Å². The molecule has 1 atom stereocenters. The van der Waals surface area contributed by atoms with Crippen molar-refractivity contribution in [3.05, 3.63) is 29.8 Å². The molecule has 2 aliphatic heterocycles. The number of amides is 1. The summed E-state index contributed by atoms with van der Waals surface area (Å²) in [5.41, 5.74) is 0.547. The van der Waals surface area contributed by atoms with E-state index in [1.807, 2.05) is 12.1 Å². The number of nitrogens with one attached hydrogen (secondary N) is 1. The number of aromatic hydroxyl groups is 1. The summed E-state index contributed by atoms with van der Waals surface area (Å²) >= 11 is 0. The van der Waals surface area contributed by atoms with Crippen LogP contribution in [0, 0.1) is 0 Å². The molecule has 1 amide bonds. The van der Waals surface area contributed by atoms with Gasteiger partial charge in [0.25, 0.3) is 0 Å². The van der Waals surface area contributed by atoms with E-state index in [9.17, 15) is 9.90 Å². The minimum Gasteiger partial charge on any atom is -0.508 e. The number of hydrogen-bond donors (Lipinski definition) is 2. The number of cyclic esters (lactones) is 1. The van der Waals surface area contributed by atoms with Crippen molar-refractivity contribution in [2.75, 3.05) is 19.7 Å². The Morgan fingerprint density at radius 1 is 1.30 bits per heavy atom. The molecule has 0 bridgehead atoms. The second-order valence-electron chi connectivity index (χ2n) is 5.60. The Balaban J connectivity index is 1.85. The van der Waals surface area contributed by atoms with Crippen LogP contribution >= 0.6 is 0 Å². The minimum atomic E-state index is -0.268. The van der Waals surface area contributed by atoms with Gasteiger partial charge in [-0.05, 0) is 38.4 Å². The van der Waals surface area contributed by atoms with Gasteiger partial charge in [-0.1, -0.05) is 18.2 Å². The van der Waals surface area contributed by atoms with E-state index in [0.717, 1.165) is 37.9 Å². The fourth-order valence-electron chi connectivity index (χ4n) is 3.12. The number of nitrogens with zero attached hydrogens (tertiary/aromatic N) is 1.